The molecule has 8 nitrogen and oxygen atoms in total. The number of halogens is 2. The number of benzene rings is 2. The lowest BCUT2D eigenvalue weighted by molar-refractivity contribution is -0.147. The topological polar surface area (TPSA) is 108 Å². The van der Waals surface area contributed by atoms with Crippen molar-refractivity contribution in [1.29, 1.82) is 0 Å². The molecular formula is C26H33Cl2N3O5. The Labute approximate surface area is 221 Å². The Morgan fingerprint density at radius 1 is 0.889 bits per heavy atom. The minimum absolute atomic E-state index is 0.0978. The van der Waals surface area contributed by atoms with Crippen molar-refractivity contribution in [2.75, 3.05) is 36.4 Å². The highest BCUT2D eigenvalue weighted by Crippen LogP contribution is 2.17. The first-order valence-corrected chi connectivity index (χ1v) is 12.8. The number of aromatic hydroxyl groups is 1. The van der Waals surface area contributed by atoms with Crippen LogP contribution in [0, 0.1) is 0 Å². The zero-order chi connectivity index (χ0) is 26.5. The number of hydrogen-bond acceptors (Lipinski definition) is 6. The van der Waals surface area contributed by atoms with Crippen LogP contribution in [0.1, 0.15) is 25.0 Å². The Balaban J connectivity index is 2.17. The molecule has 10 heteroatoms. The van der Waals surface area contributed by atoms with E-state index >= 15 is 0 Å². The van der Waals surface area contributed by atoms with Gasteiger partial charge in [0.1, 0.15) is 17.8 Å². The van der Waals surface area contributed by atoms with Crippen molar-refractivity contribution >= 4 is 46.7 Å². The highest BCUT2D eigenvalue weighted by molar-refractivity contribution is 6.18. The van der Waals surface area contributed by atoms with Gasteiger partial charge in [0.05, 0.1) is 6.61 Å². The van der Waals surface area contributed by atoms with Gasteiger partial charge in [-0.2, -0.15) is 0 Å². The monoisotopic (exact) mass is 537 g/mol. The quantitative estimate of drug-likeness (QED) is 0.252. The normalized spacial score (nSPS) is 12.3. The number of nitrogens with one attached hydrogen (secondary N) is 2. The van der Waals surface area contributed by atoms with Crippen molar-refractivity contribution in [3.8, 4) is 5.75 Å². The molecule has 2 aromatic rings. The zero-order valence-corrected chi connectivity index (χ0v) is 22.0. The maximum Gasteiger partial charge on any atom is 0.328 e. The van der Waals surface area contributed by atoms with Crippen LogP contribution in [0.15, 0.2) is 48.5 Å². The lowest BCUT2D eigenvalue weighted by Gasteiger charge is -2.24. The van der Waals surface area contributed by atoms with E-state index in [-0.39, 0.29) is 31.1 Å². The van der Waals surface area contributed by atoms with Crippen LogP contribution in [-0.2, 0) is 32.0 Å². The van der Waals surface area contributed by atoms with Gasteiger partial charge in [0.2, 0.25) is 11.8 Å². The summed E-state index contributed by atoms with van der Waals surface area (Å²) in [5.74, 6) is -0.417. The molecule has 0 aliphatic carbocycles. The third-order valence-corrected chi connectivity index (χ3v) is 5.75. The van der Waals surface area contributed by atoms with Crippen molar-refractivity contribution in [2.45, 2.75) is 38.8 Å². The molecule has 0 radical (unpaired) electrons. The van der Waals surface area contributed by atoms with Crippen LogP contribution >= 0.6 is 23.2 Å². The third kappa shape index (κ3) is 9.59. The Hall–Kier alpha value is -2.97. The minimum atomic E-state index is -0.958. The van der Waals surface area contributed by atoms with E-state index in [1.807, 2.05) is 24.3 Å². The molecule has 1 unspecified atom stereocenters. The predicted molar refractivity (Wildman–Crippen MR) is 142 cm³/mol. The van der Waals surface area contributed by atoms with E-state index in [4.69, 9.17) is 27.9 Å². The molecule has 2 amide bonds. The van der Waals surface area contributed by atoms with Crippen LogP contribution in [0.2, 0.25) is 0 Å². The lowest BCUT2D eigenvalue weighted by Crippen LogP contribution is -2.53. The molecule has 0 fully saturated rings. The summed E-state index contributed by atoms with van der Waals surface area (Å²) in [5, 5.41) is 14.9. The molecule has 0 aromatic heterocycles. The van der Waals surface area contributed by atoms with Gasteiger partial charge in [-0.1, -0.05) is 24.3 Å². The van der Waals surface area contributed by atoms with Crippen LogP contribution in [-0.4, -0.2) is 66.4 Å². The predicted octanol–water partition coefficient (Wildman–Crippen LogP) is 3.01. The molecule has 0 aliphatic rings. The smallest absolute Gasteiger partial charge is 0.328 e. The first kappa shape index (κ1) is 29.3. The van der Waals surface area contributed by atoms with Crippen molar-refractivity contribution in [1.82, 2.24) is 10.6 Å². The average molecular weight is 538 g/mol. The van der Waals surface area contributed by atoms with E-state index in [2.05, 4.69) is 15.5 Å². The highest BCUT2D eigenvalue weighted by Gasteiger charge is 2.27. The summed E-state index contributed by atoms with van der Waals surface area (Å²) in [5.41, 5.74) is 2.52. The summed E-state index contributed by atoms with van der Waals surface area (Å²) in [4.78, 5) is 39.7. The SMILES string of the molecule is CCOC(=O)[C@H](Cc1ccc(O)cc1)NC(=O)C(Cc1ccc(N(CCCl)CCCl)cc1)NC(C)=O. The van der Waals surface area contributed by atoms with Crippen molar-refractivity contribution in [3.05, 3.63) is 59.7 Å². The molecule has 0 saturated heterocycles. The van der Waals surface area contributed by atoms with Gasteiger partial charge in [-0.05, 0) is 42.3 Å². The zero-order valence-electron chi connectivity index (χ0n) is 20.5. The standard InChI is InChI=1S/C26H33Cl2N3O5/c1-3-36-26(35)24(17-20-6-10-22(33)11-7-20)30-25(34)23(29-18(2)32)16-19-4-8-21(9-5-19)31(14-12-27)15-13-28/h4-11,23-24,33H,3,12-17H2,1-2H3,(H,29,32)(H,30,34)/t23?,24-/m0/s1. The van der Waals surface area contributed by atoms with Crippen LogP contribution in [0.25, 0.3) is 0 Å². The number of ether oxygens (including phenoxy) is 1. The summed E-state index contributed by atoms with van der Waals surface area (Å²) in [6.45, 7) is 4.48. The molecular weight excluding hydrogens is 505 g/mol. The van der Waals surface area contributed by atoms with Gasteiger partial charge in [-0.15, -0.1) is 23.2 Å². The second-order valence-corrected chi connectivity index (χ2v) is 8.93. The number of amides is 2. The molecule has 2 aromatic carbocycles. The molecule has 0 heterocycles. The third-order valence-electron chi connectivity index (χ3n) is 5.41. The first-order valence-electron chi connectivity index (χ1n) is 11.7. The van der Waals surface area contributed by atoms with Gasteiger partial charge in [0.15, 0.2) is 0 Å². The van der Waals surface area contributed by atoms with Crippen LogP contribution in [0.3, 0.4) is 0 Å². The number of carbonyl (C=O) groups excluding carboxylic acids is 3. The minimum Gasteiger partial charge on any atom is -0.508 e. The molecule has 3 N–H and O–H groups in total. The van der Waals surface area contributed by atoms with Gasteiger partial charge in [0, 0.05) is 50.3 Å². The maximum atomic E-state index is 13.2. The largest absolute Gasteiger partial charge is 0.508 e. The number of alkyl halides is 2. The molecule has 196 valence electrons. The average Bonchev–Trinajstić information content (AvgIpc) is 2.84. The summed E-state index contributed by atoms with van der Waals surface area (Å²) in [7, 11) is 0. The van der Waals surface area contributed by atoms with Crippen molar-refractivity contribution < 1.29 is 24.2 Å². The van der Waals surface area contributed by atoms with Crippen molar-refractivity contribution in [3.63, 3.8) is 0 Å². The number of phenols is 1. The van der Waals surface area contributed by atoms with Gasteiger partial charge >= 0.3 is 5.97 Å². The lowest BCUT2D eigenvalue weighted by atomic mass is 10.0. The number of phenolic OH excluding ortho intramolecular Hbond substituents is 1. The summed E-state index contributed by atoms with van der Waals surface area (Å²) < 4.78 is 5.14. The number of anilines is 1. The Morgan fingerprint density at radius 2 is 1.42 bits per heavy atom. The first-order chi connectivity index (χ1) is 17.3. The summed E-state index contributed by atoms with van der Waals surface area (Å²) in [6.07, 6.45) is 0.398. The number of esters is 1. The Bertz CT molecular complexity index is 980. The molecule has 0 saturated carbocycles. The Kier molecular flexibility index (Phi) is 12.4. The second kappa shape index (κ2) is 15.2. The summed E-state index contributed by atoms with van der Waals surface area (Å²) >= 11 is 11.8. The van der Waals surface area contributed by atoms with E-state index in [1.54, 1.807) is 19.1 Å². The fraction of sp³-hybridized carbons (Fsp3) is 0.423. The van der Waals surface area contributed by atoms with E-state index in [0.29, 0.717) is 24.8 Å². The highest BCUT2D eigenvalue weighted by atomic mass is 35.5. The van der Waals surface area contributed by atoms with E-state index < -0.39 is 24.0 Å². The van der Waals surface area contributed by atoms with Crippen LogP contribution in [0.4, 0.5) is 5.69 Å². The molecule has 2 rings (SSSR count). The van der Waals surface area contributed by atoms with Gasteiger partial charge in [-0.3, -0.25) is 9.59 Å². The number of nitrogens with zero attached hydrogens (tertiary/aromatic N) is 1. The molecule has 0 aliphatic heterocycles. The van der Waals surface area contributed by atoms with E-state index in [1.165, 1.54) is 19.1 Å². The van der Waals surface area contributed by atoms with Gasteiger partial charge in [-0.25, -0.2) is 4.79 Å². The van der Waals surface area contributed by atoms with E-state index in [9.17, 15) is 19.5 Å². The summed E-state index contributed by atoms with van der Waals surface area (Å²) in [6, 6.07) is 12.1. The number of hydrogen-bond donors (Lipinski definition) is 3. The number of rotatable bonds is 14. The van der Waals surface area contributed by atoms with E-state index in [0.717, 1.165) is 16.8 Å². The fourth-order valence-electron chi connectivity index (χ4n) is 3.68. The van der Waals surface area contributed by atoms with Crippen molar-refractivity contribution in [2.24, 2.45) is 0 Å². The van der Waals surface area contributed by atoms with Crippen LogP contribution in [0.5, 0.6) is 5.75 Å². The van der Waals surface area contributed by atoms with Gasteiger partial charge in [0.25, 0.3) is 0 Å². The Morgan fingerprint density at radius 3 is 1.92 bits per heavy atom. The number of carbonyl (C=O) groups is 3. The van der Waals surface area contributed by atoms with Crippen LogP contribution < -0.4 is 15.5 Å². The maximum absolute atomic E-state index is 13.2. The second-order valence-electron chi connectivity index (χ2n) is 8.17. The van der Waals surface area contributed by atoms with Gasteiger partial charge < -0.3 is 25.4 Å². The molecule has 2 atom stereocenters. The fourth-order valence-corrected chi connectivity index (χ4v) is 4.09. The molecule has 0 bridgehead atoms. The molecule has 36 heavy (non-hydrogen) atoms. The molecule has 0 spiro atoms.